The zero-order valence-electron chi connectivity index (χ0n) is 10.5. The van der Waals surface area contributed by atoms with E-state index in [0.29, 0.717) is 12.1 Å². The smallest absolute Gasteiger partial charge is 0.254 e. The minimum atomic E-state index is -0.125. The summed E-state index contributed by atoms with van der Waals surface area (Å²) in [5.74, 6) is -0.125. The molecule has 2 N–H and O–H groups in total. The molecule has 0 aliphatic heterocycles. The molecule has 0 fully saturated rings. The summed E-state index contributed by atoms with van der Waals surface area (Å²) in [7, 11) is 3.99. The molecule has 0 saturated heterocycles. The van der Waals surface area contributed by atoms with Crippen molar-refractivity contribution in [3.63, 3.8) is 0 Å². The van der Waals surface area contributed by atoms with E-state index in [1.807, 2.05) is 43.3 Å². The first-order chi connectivity index (χ1) is 8.66. The number of carbonyl (C=O) groups excluding carboxylic acids is 1. The Kier molecular flexibility index (Phi) is 3.62. The van der Waals surface area contributed by atoms with E-state index in [2.05, 4.69) is 15.5 Å². The van der Waals surface area contributed by atoms with Crippen molar-refractivity contribution >= 4 is 11.6 Å². The average Bonchev–Trinajstić information content (AvgIpc) is 2.90. The van der Waals surface area contributed by atoms with Crippen LogP contribution in [0.15, 0.2) is 36.7 Å². The van der Waals surface area contributed by atoms with Crippen LogP contribution in [0.4, 0.5) is 5.69 Å². The molecule has 18 heavy (non-hydrogen) atoms. The third-order valence-corrected chi connectivity index (χ3v) is 2.67. The first kappa shape index (κ1) is 12.2. The van der Waals surface area contributed by atoms with E-state index in [1.165, 1.54) is 6.20 Å². The predicted molar refractivity (Wildman–Crippen MR) is 70.5 cm³/mol. The Labute approximate surface area is 106 Å². The molecule has 2 rings (SSSR count). The van der Waals surface area contributed by atoms with Crippen LogP contribution in [-0.4, -0.2) is 30.2 Å². The van der Waals surface area contributed by atoms with E-state index < -0.39 is 0 Å². The van der Waals surface area contributed by atoms with Crippen LogP contribution >= 0.6 is 0 Å². The van der Waals surface area contributed by atoms with Gasteiger partial charge in [-0.25, -0.2) is 0 Å². The molecule has 2 aromatic rings. The van der Waals surface area contributed by atoms with Gasteiger partial charge in [0.1, 0.15) is 0 Å². The lowest BCUT2D eigenvalue weighted by Gasteiger charge is -2.12. The van der Waals surface area contributed by atoms with Crippen molar-refractivity contribution in [3.8, 4) is 0 Å². The highest BCUT2D eigenvalue weighted by Crippen LogP contribution is 2.12. The molecule has 1 aromatic carbocycles. The Hall–Kier alpha value is -2.30. The van der Waals surface area contributed by atoms with Crippen LogP contribution in [0, 0.1) is 0 Å². The molecule has 1 aromatic heterocycles. The van der Waals surface area contributed by atoms with Gasteiger partial charge in [-0.15, -0.1) is 0 Å². The molecule has 94 valence electrons. The number of aromatic amines is 1. The van der Waals surface area contributed by atoms with Gasteiger partial charge in [0.05, 0.1) is 11.8 Å². The second-order valence-electron chi connectivity index (χ2n) is 4.23. The maximum Gasteiger partial charge on any atom is 0.254 e. The van der Waals surface area contributed by atoms with Gasteiger partial charge in [-0.05, 0) is 17.7 Å². The van der Waals surface area contributed by atoms with E-state index in [9.17, 15) is 4.79 Å². The number of rotatable bonds is 4. The third kappa shape index (κ3) is 2.88. The van der Waals surface area contributed by atoms with Gasteiger partial charge in [-0.1, -0.05) is 12.1 Å². The van der Waals surface area contributed by atoms with Gasteiger partial charge in [-0.2, -0.15) is 5.10 Å². The number of H-pyrrole nitrogens is 1. The molecular formula is C13H16N4O. The molecule has 1 heterocycles. The predicted octanol–water partition coefficient (Wildman–Crippen LogP) is 1.41. The fraction of sp³-hybridized carbons (Fsp3) is 0.231. The number of hydrogen-bond donors (Lipinski definition) is 2. The van der Waals surface area contributed by atoms with Crippen molar-refractivity contribution < 1.29 is 4.79 Å². The monoisotopic (exact) mass is 244 g/mol. The summed E-state index contributed by atoms with van der Waals surface area (Å²) in [4.78, 5) is 13.7. The maximum absolute atomic E-state index is 11.7. The Morgan fingerprint density at radius 2 is 2.06 bits per heavy atom. The first-order valence-corrected chi connectivity index (χ1v) is 5.70. The van der Waals surface area contributed by atoms with Gasteiger partial charge in [0.2, 0.25) is 0 Å². The normalized spacial score (nSPS) is 10.1. The molecule has 0 aliphatic rings. The molecule has 5 nitrogen and oxygen atoms in total. The molecule has 0 atom stereocenters. The third-order valence-electron chi connectivity index (χ3n) is 2.67. The lowest BCUT2D eigenvalue weighted by atomic mass is 10.2. The zero-order chi connectivity index (χ0) is 13.0. The fourth-order valence-electron chi connectivity index (χ4n) is 1.57. The number of hydrogen-bond acceptors (Lipinski definition) is 3. The summed E-state index contributed by atoms with van der Waals surface area (Å²) >= 11 is 0. The molecule has 0 unspecified atom stereocenters. The maximum atomic E-state index is 11.7. The standard InChI is InChI=1S/C13H16N4O/c1-17(2)12-5-3-10(4-6-12)7-14-13(18)11-8-15-16-9-11/h3-6,8-9H,7H2,1-2H3,(H,14,18)(H,15,16). The van der Waals surface area contributed by atoms with E-state index >= 15 is 0 Å². The van der Waals surface area contributed by atoms with Crippen molar-refractivity contribution in [2.45, 2.75) is 6.54 Å². The number of benzene rings is 1. The number of anilines is 1. The SMILES string of the molecule is CN(C)c1ccc(CNC(=O)c2cn[nH]c2)cc1. The number of nitrogens with zero attached hydrogens (tertiary/aromatic N) is 2. The minimum Gasteiger partial charge on any atom is -0.378 e. The quantitative estimate of drug-likeness (QED) is 0.854. The van der Waals surface area contributed by atoms with E-state index in [0.717, 1.165) is 11.3 Å². The summed E-state index contributed by atoms with van der Waals surface area (Å²) in [6.45, 7) is 0.512. The Balaban J connectivity index is 1.92. The van der Waals surface area contributed by atoms with Crippen molar-refractivity contribution in [2.75, 3.05) is 19.0 Å². The van der Waals surface area contributed by atoms with Gasteiger partial charge in [0.15, 0.2) is 0 Å². The van der Waals surface area contributed by atoms with Crippen LogP contribution in [0.25, 0.3) is 0 Å². The van der Waals surface area contributed by atoms with E-state index in [4.69, 9.17) is 0 Å². The number of amides is 1. The number of nitrogens with one attached hydrogen (secondary N) is 2. The average molecular weight is 244 g/mol. The summed E-state index contributed by atoms with van der Waals surface area (Å²) in [6, 6.07) is 8.06. The summed E-state index contributed by atoms with van der Waals surface area (Å²) < 4.78 is 0. The van der Waals surface area contributed by atoms with Crippen LogP contribution in [0.1, 0.15) is 15.9 Å². The highest BCUT2D eigenvalue weighted by molar-refractivity contribution is 5.93. The lowest BCUT2D eigenvalue weighted by Crippen LogP contribution is -2.22. The van der Waals surface area contributed by atoms with E-state index in [1.54, 1.807) is 6.20 Å². The van der Waals surface area contributed by atoms with Crippen molar-refractivity contribution in [1.29, 1.82) is 0 Å². The number of carbonyl (C=O) groups is 1. The van der Waals surface area contributed by atoms with Crippen LogP contribution in [-0.2, 0) is 6.54 Å². The van der Waals surface area contributed by atoms with Crippen LogP contribution in [0.3, 0.4) is 0 Å². The number of aromatic nitrogens is 2. The van der Waals surface area contributed by atoms with Gasteiger partial charge in [0, 0.05) is 32.5 Å². The fourth-order valence-corrected chi connectivity index (χ4v) is 1.57. The summed E-state index contributed by atoms with van der Waals surface area (Å²) in [5.41, 5.74) is 2.75. The minimum absolute atomic E-state index is 0.125. The zero-order valence-corrected chi connectivity index (χ0v) is 10.5. The largest absolute Gasteiger partial charge is 0.378 e. The van der Waals surface area contributed by atoms with Crippen molar-refractivity contribution in [2.24, 2.45) is 0 Å². The van der Waals surface area contributed by atoms with Crippen molar-refractivity contribution in [3.05, 3.63) is 47.8 Å². The van der Waals surface area contributed by atoms with Gasteiger partial charge in [0.25, 0.3) is 5.91 Å². The first-order valence-electron chi connectivity index (χ1n) is 5.70. The van der Waals surface area contributed by atoms with Crippen molar-refractivity contribution in [1.82, 2.24) is 15.5 Å². The Morgan fingerprint density at radius 3 is 2.61 bits per heavy atom. The summed E-state index contributed by atoms with van der Waals surface area (Å²) in [6.07, 6.45) is 3.08. The Morgan fingerprint density at radius 1 is 1.33 bits per heavy atom. The van der Waals surface area contributed by atoms with Crippen LogP contribution in [0.5, 0.6) is 0 Å². The molecule has 0 bridgehead atoms. The highest BCUT2D eigenvalue weighted by Gasteiger charge is 2.05. The molecule has 0 spiro atoms. The molecule has 0 saturated carbocycles. The second-order valence-corrected chi connectivity index (χ2v) is 4.23. The van der Waals surface area contributed by atoms with Gasteiger partial charge in [-0.3, -0.25) is 9.89 Å². The molecule has 5 heteroatoms. The van der Waals surface area contributed by atoms with Gasteiger partial charge < -0.3 is 10.2 Å². The molecular weight excluding hydrogens is 228 g/mol. The second kappa shape index (κ2) is 5.35. The molecule has 1 amide bonds. The van der Waals surface area contributed by atoms with Crippen LogP contribution in [0.2, 0.25) is 0 Å². The summed E-state index contributed by atoms with van der Waals surface area (Å²) in [5, 5.41) is 9.19. The highest BCUT2D eigenvalue weighted by atomic mass is 16.1. The topological polar surface area (TPSA) is 61.0 Å². The van der Waals surface area contributed by atoms with Crippen LogP contribution < -0.4 is 10.2 Å². The molecule has 0 aliphatic carbocycles. The molecule has 0 radical (unpaired) electrons. The van der Waals surface area contributed by atoms with Gasteiger partial charge >= 0.3 is 0 Å². The Bertz CT molecular complexity index is 502. The lowest BCUT2D eigenvalue weighted by molar-refractivity contribution is 0.0951. The van der Waals surface area contributed by atoms with E-state index in [-0.39, 0.29) is 5.91 Å².